The second-order valence-electron chi connectivity index (χ2n) is 9.52. The highest BCUT2D eigenvalue weighted by molar-refractivity contribution is 9.10. The van der Waals surface area contributed by atoms with E-state index in [4.69, 9.17) is 11.6 Å². The molecule has 2 saturated carbocycles. The van der Waals surface area contributed by atoms with Gasteiger partial charge in [0.25, 0.3) is 0 Å². The van der Waals surface area contributed by atoms with E-state index in [0.29, 0.717) is 22.5 Å². The van der Waals surface area contributed by atoms with E-state index in [2.05, 4.69) is 33.4 Å². The zero-order valence-corrected chi connectivity index (χ0v) is 20.0. The molecule has 3 fully saturated rings. The number of benzene rings is 2. The van der Waals surface area contributed by atoms with Crippen LogP contribution in [0.15, 0.2) is 65.2 Å². The van der Waals surface area contributed by atoms with Crippen LogP contribution in [-0.2, 0) is 20.8 Å². The van der Waals surface area contributed by atoms with Gasteiger partial charge in [-0.2, -0.15) is 0 Å². The Labute approximate surface area is 205 Å². The fourth-order valence-electron chi connectivity index (χ4n) is 6.23. The van der Waals surface area contributed by atoms with E-state index >= 15 is 0 Å². The highest BCUT2D eigenvalue weighted by Crippen LogP contribution is 2.65. The van der Waals surface area contributed by atoms with E-state index in [1.807, 2.05) is 30.3 Å². The molecule has 2 aromatic rings. The van der Waals surface area contributed by atoms with Gasteiger partial charge in [-0.25, -0.2) is 0 Å². The molecule has 2 bridgehead atoms. The minimum atomic E-state index is -0.920. The highest BCUT2D eigenvalue weighted by atomic mass is 79.9. The number of carbonyl (C=O) groups excluding carboxylic acids is 3. The summed E-state index contributed by atoms with van der Waals surface area (Å²) in [7, 11) is 0. The number of hydrogen-bond donors (Lipinski definition) is 1. The molecular weight excluding hydrogens is 504 g/mol. The Bertz CT molecular complexity index is 1160. The summed E-state index contributed by atoms with van der Waals surface area (Å²) in [6.45, 7) is 0. The predicted molar refractivity (Wildman–Crippen MR) is 128 cm³/mol. The normalized spacial score (nSPS) is 31.9. The Morgan fingerprint density at radius 1 is 1.03 bits per heavy atom. The van der Waals surface area contributed by atoms with Crippen molar-refractivity contribution in [2.75, 3.05) is 5.32 Å². The molecule has 4 aliphatic carbocycles. The smallest absolute Gasteiger partial charge is 0.248 e. The summed E-state index contributed by atoms with van der Waals surface area (Å²) in [4.78, 5) is 42.1. The van der Waals surface area contributed by atoms with Gasteiger partial charge in [-0.05, 0) is 69.8 Å². The van der Waals surface area contributed by atoms with Crippen LogP contribution >= 0.6 is 27.5 Å². The molecule has 1 saturated heterocycles. The van der Waals surface area contributed by atoms with Crippen molar-refractivity contribution in [3.63, 3.8) is 0 Å². The van der Waals surface area contributed by atoms with Crippen LogP contribution < -0.4 is 5.32 Å². The number of allylic oxidation sites excluding steroid dienone is 2. The molecule has 33 heavy (non-hydrogen) atoms. The van der Waals surface area contributed by atoms with Crippen molar-refractivity contribution in [1.82, 2.24) is 4.90 Å². The Hall–Kier alpha value is -2.44. The summed E-state index contributed by atoms with van der Waals surface area (Å²) in [5, 5.41) is 3.35. The second kappa shape index (κ2) is 7.81. The topological polar surface area (TPSA) is 66.5 Å². The standard InChI is InChI=1S/C26H22BrClN2O3/c27-19-9-6-14(11-20(19)28)29-24(31)21(10-13-4-2-1-3-5-13)30-25(32)22-15-7-8-16(18-12-17(15)18)23(22)26(30)33/h1-9,11,15-18,21-23H,10,12H2,(H,29,31)/t15-,16-,17-,18-,21+,22+,23+/m1/s1. The lowest BCUT2D eigenvalue weighted by Crippen LogP contribution is -2.49. The number of likely N-dealkylation sites (tertiary alicyclic amines) is 1. The lowest BCUT2D eigenvalue weighted by molar-refractivity contribution is -0.146. The van der Waals surface area contributed by atoms with Gasteiger partial charge in [0, 0.05) is 16.6 Å². The first-order chi connectivity index (χ1) is 15.9. The molecule has 5 nitrogen and oxygen atoms in total. The Balaban J connectivity index is 1.33. The van der Waals surface area contributed by atoms with E-state index in [1.165, 1.54) is 4.90 Å². The average molecular weight is 526 g/mol. The number of imide groups is 1. The quantitative estimate of drug-likeness (QED) is 0.454. The molecular formula is C26H22BrClN2O3. The third-order valence-corrected chi connectivity index (χ3v) is 9.00. The van der Waals surface area contributed by atoms with Crippen molar-refractivity contribution in [3.8, 4) is 0 Å². The molecule has 3 amide bonds. The Morgan fingerprint density at radius 2 is 1.67 bits per heavy atom. The highest BCUT2D eigenvalue weighted by Gasteiger charge is 2.67. The van der Waals surface area contributed by atoms with Gasteiger partial charge in [0.05, 0.1) is 16.9 Å². The maximum absolute atomic E-state index is 13.7. The van der Waals surface area contributed by atoms with Gasteiger partial charge in [-0.1, -0.05) is 54.1 Å². The molecule has 1 N–H and O–H groups in total. The lowest BCUT2D eigenvalue weighted by Gasteiger charge is -2.37. The van der Waals surface area contributed by atoms with Gasteiger partial charge >= 0.3 is 0 Å². The van der Waals surface area contributed by atoms with Crippen molar-refractivity contribution in [1.29, 1.82) is 0 Å². The molecule has 0 aromatic heterocycles. The maximum atomic E-state index is 13.7. The Morgan fingerprint density at radius 3 is 2.27 bits per heavy atom. The number of rotatable bonds is 5. The molecule has 0 unspecified atom stereocenters. The van der Waals surface area contributed by atoms with Gasteiger partial charge in [0.15, 0.2) is 0 Å². The van der Waals surface area contributed by atoms with Crippen molar-refractivity contribution in [3.05, 3.63) is 75.7 Å². The Kier molecular flexibility index (Phi) is 5.00. The molecule has 0 spiro atoms. The number of hydrogen-bond acceptors (Lipinski definition) is 3. The average Bonchev–Trinajstić information content (AvgIpc) is 3.59. The van der Waals surface area contributed by atoms with E-state index in [0.717, 1.165) is 16.5 Å². The molecule has 2 aromatic carbocycles. The zero-order chi connectivity index (χ0) is 22.9. The molecule has 7 rings (SSSR count). The largest absolute Gasteiger partial charge is 0.324 e. The van der Waals surface area contributed by atoms with Crippen molar-refractivity contribution in [2.45, 2.75) is 18.9 Å². The summed E-state index contributed by atoms with van der Waals surface area (Å²) < 4.78 is 0.721. The number of nitrogens with one attached hydrogen (secondary N) is 1. The van der Waals surface area contributed by atoms with Crippen molar-refractivity contribution in [2.24, 2.45) is 35.5 Å². The lowest BCUT2D eigenvalue weighted by atomic mass is 9.63. The molecule has 1 aliphatic heterocycles. The fourth-order valence-corrected chi connectivity index (χ4v) is 6.65. The minimum Gasteiger partial charge on any atom is -0.324 e. The van der Waals surface area contributed by atoms with Crippen LogP contribution in [0.3, 0.4) is 0 Å². The molecule has 1 heterocycles. The summed E-state index contributed by atoms with van der Waals surface area (Å²) in [6.07, 6.45) is 5.66. The third kappa shape index (κ3) is 3.38. The van der Waals surface area contributed by atoms with Crippen LogP contribution in [0.1, 0.15) is 12.0 Å². The summed E-state index contributed by atoms with van der Waals surface area (Å²) in [5.74, 6) is -0.154. The van der Waals surface area contributed by atoms with Gasteiger partial charge in [-0.15, -0.1) is 0 Å². The first-order valence-electron chi connectivity index (χ1n) is 11.3. The molecule has 5 aliphatic rings. The SMILES string of the molecule is O=C(Nc1ccc(Br)c(Cl)c1)[C@H](Cc1ccccc1)N1C(=O)[C@H]2[C@@H]3C=C[C@H]([C@H]4C[C@H]34)[C@@H]2C1=O. The first kappa shape index (κ1) is 21.1. The van der Waals surface area contributed by atoms with Crippen LogP contribution in [0.2, 0.25) is 5.02 Å². The van der Waals surface area contributed by atoms with Gasteiger partial charge in [-0.3, -0.25) is 19.3 Å². The predicted octanol–water partition coefficient (Wildman–Crippen LogP) is 4.71. The summed E-state index contributed by atoms with van der Waals surface area (Å²) in [5.41, 5.74) is 1.41. The number of anilines is 1. The van der Waals surface area contributed by atoms with Crippen LogP contribution in [0, 0.1) is 35.5 Å². The van der Waals surface area contributed by atoms with Crippen LogP contribution in [0.25, 0.3) is 0 Å². The monoisotopic (exact) mass is 524 g/mol. The second-order valence-corrected chi connectivity index (χ2v) is 10.8. The summed E-state index contributed by atoms with van der Waals surface area (Å²) in [6, 6.07) is 13.7. The number of amides is 3. The van der Waals surface area contributed by atoms with E-state index in [1.54, 1.807) is 18.2 Å². The first-order valence-corrected chi connectivity index (χ1v) is 12.5. The molecule has 7 atom stereocenters. The zero-order valence-electron chi connectivity index (χ0n) is 17.7. The third-order valence-electron chi connectivity index (χ3n) is 7.77. The van der Waals surface area contributed by atoms with Crippen LogP contribution in [0.4, 0.5) is 5.69 Å². The fraction of sp³-hybridized carbons (Fsp3) is 0.346. The maximum Gasteiger partial charge on any atom is 0.248 e. The summed E-state index contributed by atoms with van der Waals surface area (Å²) >= 11 is 9.55. The number of nitrogens with zero attached hydrogens (tertiary/aromatic N) is 1. The molecule has 0 radical (unpaired) electrons. The van der Waals surface area contributed by atoms with Gasteiger partial charge in [0.1, 0.15) is 6.04 Å². The van der Waals surface area contributed by atoms with Gasteiger partial charge in [0.2, 0.25) is 17.7 Å². The van der Waals surface area contributed by atoms with E-state index in [9.17, 15) is 14.4 Å². The molecule has 7 heteroatoms. The van der Waals surface area contributed by atoms with Crippen molar-refractivity contribution < 1.29 is 14.4 Å². The van der Waals surface area contributed by atoms with Crippen molar-refractivity contribution >= 4 is 50.9 Å². The number of halogens is 2. The molecule has 168 valence electrons. The number of carbonyl (C=O) groups is 3. The van der Waals surface area contributed by atoms with Gasteiger partial charge < -0.3 is 5.32 Å². The van der Waals surface area contributed by atoms with E-state index < -0.39 is 6.04 Å². The van der Waals surface area contributed by atoms with Crippen LogP contribution in [0.5, 0.6) is 0 Å². The van der Waals surface area contributed by atoms with E-state index in [-0.39, 0.29) is 47.8 Å². The minimum absolute atomic E-state index is 0.122. The van der Waals surface area contributed by atoms with Crippen LogP contribution in [-0.4, -0.2) is 28.7 Å².